The van der Waals surface area contributed by atoms with Crippen LogP contribution < -0.4 is 9.46 Å². The Balaban J connectivity index is 2.56. The second kappa shape index (κ2) is 10.3. The summed E-state index contributed by atoms with van der Waals surface area (Å²) in [5.41, 5.74) is 2.15. The zero-order chi connectivity index (χ0) is 24.2. The Hall–Kier alpha value is -2.03. The number of hydrogen-bond donors (Lipinski definition) is 1. The summed E-state index contributed by atoms with van der Waals surface area (Å²) in [6, 6.07) is 16.1. The van der Waals surface area contributed by atoms with Crippen molar-refractivity contribution in [1.82, 2.24) is 4.72 Å². The summed E-state index contributed by atoms with van der Waals surface area (Å²) in [6.45, 7) is 10.5. The van der Waals surface area contributed by atoms with Gasteiger partial charge in [0, 0.05) is 6.42 Å². The molecule has 2 aromatic carbocycles. The van der Waals surface area contributed by atoms with Gasteiger partial charge in [0.05, 0.1) is 28.4 Å². The molecule has 0 aliphatic carbocycles. The van der Waals surface area contributed by atoms with Gasteiger partial charge in [-0.3, -0.25) is 0 Å². The number of nitrogens with one attached hydrogen (secondary N) is 1. The molecule has 2 rings (SSSR count). The molecule has 0 aliphatic heterocycles. The smallest absolute Gasteiger partial charge is 0.217 e. The van der Waals surface area contributed by atoms with Gasteiger partial charge in [-0.15, -0.1) is 0 Å². The van der Waals surface area contributed by atoms with Gasteiger partial charge in [-0.25, -0.2) is 17.3 Å². The van der Waals surface area contributed by atoms with Crippen LogP contribution in [0.2, 0.25) is 0 Å². The second-order valence-corrected chi connectivity index (χ2v) is 13.9. The lowest BCUT2D eigenvalue weighted by Gasteiger charge is -2.26. The van der Waals surface area contributed by atoms with E-state index in [1.54, 1.807) is 40.0 Å². The van der Waals surface area contributed by atoms with Crippen LogP contribution in [0.1, 0.15) is 65.1 Å². The van der Waals surface area contributed by atoms with Gasteiger partial charge in [0.2, 0.25) is 10.0 Å². The van der Waals surface area contributed by atoms with Crippen LogP contribution in [0.4, 0.5) is 0 Å². The van der Waals surface area contributed by atoms with E-state index < -0.39 is 36.5 Å². The molecule has 32 heavy (non-hydrogen) atoms. The highest BCUT2D eigenvalue weighted by Gasteiger charge is 2.32. The first-order valence-corrected chi connectivity index (χ1v) is 13.0. The lowest BCUT2D eigenvalue weighted by molar-refractivity contribution is 0.414. The number of rotatable bonds is 8. The number of methoxy groups -OCH3 is 1. The first kappa shape index (κ1) is 26.2. The van der Waals surface area contributed by atoms with E-state index in [-0.39, 0.29) is 6.42 Å². The van der Waals surface area contributed by atoms with Crippen LogP contribution >= 0.6 is 0 Å². The summed E-state index contributed by atoms with van der Waals surface area (Å²) >= 11 is 0. The van der Waals surface area contributed by atoms with E-state index in [1.165, 1.54) is 0 Å². The van der Waals surface area contributed by atoms with Crippen molar-refractivity contribution >= 4 is 26.7 Å². The van der Waals surface area contributed by atoms with E-state index in [0.29, 0.717) is 11.5 Å². The minimum Gasteiger partial charge on any atom is -0.497 e. The maximum atomic E-state index is 13.0. The SMILES string of the molecule is COc1ccc([C@H](C/C(=N/S(=O)C(C)(C)C)c2ccccc2)NS(=O)(=O)C(C)(C)C)cc1. The number of benzene rings is 2. The van der Waals surface area contributed by atoms with E-state index in [1.807, 2.05) is 63.2 Å². The lowest BCUT2D eigenvalue weighted by atomic mass is 9.98. The first-order valence-electron chi connectivity index (χ1n) is 10.5. The Labute approximate surface area is 195 Å². The highest BCUT2D eigenvalue weighted by Crippen LogP contribution is 2.27. The molecule has 0 radical (unpaired) electrons. The summed E-state index contributed by atoms with van der Waals surface area (Å²) in [6.07, 6.45) is 0.244. The Morgan fingerprint density at radius 2 is 1.56 bits per heavy atom. The molecular weight excluding hydrogens is 444 g/mol. The third-order valence-electron chi connectivity index (χ3n) is 4.84. The van der Waals surface area contributed by atoms with E-state index in [0.717, 1.165) is 11.1 Å². The quantitative estimate of drug-likeness (QED) is 0.553. The minimum absolute atomic E-state index is 0.244. The number of hydrogen-bond acceptors (Lipinski definition) is 4. The maximum Gasteiger partial charge on any atom is 0.217 e. The van der Waals surface area contributed by atoms with Crippen molar-refractivity contribution in [2.45, 2.75) is 63.5 Å². The topological polar surface area (TPSA) is 84.8 Å². The van der Waals surface area contributed by atoms with Crippen molar-refractivity contribution in [1.29, 1.82) is 0 Å². The standard InChI is InChI=1S/C24H34N2O4S2/c1-23(2,3)31(27)25-21(18-11-9-8-10-12-18)17-22(26-32(28,29)24(4,5)6)19-13-15-20(30-7)16-14-19/h8-16,22,26H,17H2,1-7H3/b25-21-/t22-,31?/m0/s1. The largest absolute Gasteiger partial charge is 0.497 e. The summed E-state index contributed by atoms with van der Waals surface area (Å²) in [5, 5.41) is 0. The molecule has 0 heterocycles. The fraction of sp³-hybridized carbons (Fsp3) is 0.458. The van der Waals surface area contributed by atoms with Gasteiger partial charge >= 0.3 is 0 Å². The van der Waals surface area contributed by atoms with E-state index in [4.69, 9.17) is 4.74 Å². The van der Waals surface area contributed by atoms with Gasteiger partial charge in [0.15, 0.2) is 0 Å². The molecule has 176 valence electrons. The van der Waals surface area contributed by atoms with Gasteiger partial charge in [-0.1, -0.05) is 42.5 Å². The molecule has 1 N–H and O–H groups in total. The molecule has 2 aromatic rings. The fourth-order valence-corrected chi connectivity index (χ4v) is 4.30. The van der Waals surface area contributed by atoms with Gasteiger partial charge in [0.25, 0.3) is 0 Å². The van der Waals surface area contributed by atoms with Crippen molar-refractivity contribution < 1.29 is 17.4 Å². The van der Waals surface area contributed by atoms with Gasteiger partial charge in [0.1, 0.15) is 16.7 Å². The number of ether oxygens (including phenoxy) is 1. The van der Waals surface area contributed by atoms with Crippen LogP contribution in [0.25, 0.3) is 0 Å². The van der Waals surface area contributed by atoms with E-state index in [2.05, 4.69) is 9.12 Å². The molecule has 6 nitrogen and oxygen atoms in total. The van der Waals surface area contributed by atoms with Crippen molar-refractivity contribution in [2.75, 3.05) is 7.11 Å². The molecule has 0 aromatic heterocycles. The van der Waals surface area contributed by atoms with Gasteiger partial charge < -0.3 is 4.74 Å². The zero-order valence-electron chi connectivity index (χ0n) is 19.9. The van der Waals surface area contributed by atoms with E-state index >= 15 is 0 Å². The van der Waals surface area contributed by atoms with Crippen LogP contribution in [0.5, 0.6) is 5.75 Å². The van der Waals surface area contributed by atoms with Crippen molar-refractivity contribution in [3.63, 3.8) is 0 Å². The second-order valence-electron chi connectivity index (χ2n) is 9.53. The molecule has 0 saturated carbocycles. The van der Waals surface area contributed by atoms with Crippen LogP contribution in [0, 0.1) is 0 Å². The average Bonchev–Trinajstić information content (AvgIpc) is 2.71. The van der Waals surface area contributed by atoms with Crippen LogP contribution in [-0.2, 0) is 21.0 Å². The fourth-order valence-electron chi connectivity index (χ4n) is 2.70. The van der Waals surface area contributed by atoms with Crippen molar-refractivity contribution in [3.05, 3.63) is 65.7 Å². The van der Waals surface area contributed by atoms with E-state index in [9.17, 15) is 12.6 Å². The van der Waals surface area contributed by atoms with Crippen LogP contribution in [0.15, 0.2) is 59.0 Å². The molecule has 0 saturated heterocycles. The maximum absolute atomic E-state index is 13.0. The van der Waals surface area contributed by atoms with Gasteiger partial charge in [-0.05, 0) is 64.8 Å². The highest BCUT2D eigenvalue weighted by atomic mass is 32.2. The zero-order valence-corrected chi connectivity index (χ0v) is 21.5. The van der Waals surface area contributed by atoms with Crippen molar-refractivity contribution in [3.8, 4) is 5.75 Å². The van der Waals surface area contributed by atoms with Crippen LogP contribution in [-0.4, -0.2) is 34.9 Å². The molecule has 0 amide bonds. The molecule has 0 aliphatic rings. The van der Waals surface area contributed by atoms with Crippen molar-refractivity contribution in [2.24, 2.45) is 4.40 Å². The number of nitrogens with zero attached hydrogens (tertiary/aromatic N) is 1. The average molecular weight is 479 g/mol. The lowest BCUT2D eigenvalue weighted by Crippen LogP contribution is -2.42. The Bertz CT molecular complexity index is 1050. The molecule has 1 unspecified atom stereocenters. The molecule has 0 fully saturated rings. The van der Waals surface area contributed by atoms with Crippen LogP contribution in [0.3, 0.4) is 0 Å². The highest BCUT2D eigenvalue weighted by molar-refractivity contribution is 7.90. The number of sulfonamides is 1. The summed E-state index contributed by atoms with van der Waals surface area (Å²) < 4.78 is 50.0. The third-order valence-corrected chi connectivity index (χ3v) is 8.48. The summed E-state index contributed by atoms with van der Waals surface area (Å²) in [4.78, 5) is 0. The molecule has 0 bridgehead atoms. The normalized spacial score (nSPS) is 15.3. The Morgan fingerprint density at radius 3 is 2.03 bits per heavy atom. The first-order chi connectivity index (χ1) is 14.7. The molecular formula is C24H34N2O4S2. The predicted octanol–water partition coefficient (Wildman–Crippen LogP) is 4.80. The molecule has 2 atom stereocenters. The minimum atomic E-state index is -3.66. The Kier molecular flexibility index (Phi) is 8.42. The summed E-state index contributed by atoms with van der Waals surface area (Å²) in [7, 11) is -3.57. The third kappa shape index (κ3) is 6.98. The Morgan fingerprint density at radius 1 is 1.00 bits per heavy atom. The molecule has 8 heteroatoms. The monoisotopic (exact) mass is 478 g/mol. The van der Waals surface area contributed by atoms with Gasteiger partial charge in [-0.2, -0.15) is 4.40 Å². The summed E-state index contributed by atoms with van der Waals surface area (Å²) in [5.74, 6) is 0.678. The molecule has 0 spiro atoms. The predicted molar refractivity (Wildman–Crippen MR) is 133 cm³/mol.